The number of halogens is 1. The van der Waals surface area contributed by atoms with Crippen molar-refractivity contribution in [3.8, 4) is 0 Å². The van der Waals surface area contributed by atoms with Gasteiger partial charge in [-0.3, -0.25) is 14.4 Å². The fraction of sp³-hybridized carbons (Fsp3) is 0.387. The van der Waals surface area contributed by atoms with Gasteiger partial charge in [0.1, 0.15) is 11.6 Å². The number of aliphatic hydroxyl groups is 1. The Morgan fingerprint density at radius 1 is 0.900 bits per heavy atom. The van der Waals surface area contributed by atoms with Crippen molar-refractivity contribution in [3.05, 3.63) is 83.9 Å². The van der Waals surface area contributed by atoms with Crippen LogP contribution in [0.1, 0.15) is 20.3 Å². The molecule has 2 aromatic carbocycles. The van der Waals surface area contributed by atoms with E-state index >= 15 is 0 Å². The lowest BCUT2D eigenvalue weighted by molar-refractivity contribution is -0.148. The first-order chi connectivity index (χ1) is 19.3. The Labute approximate surface area is 238 Å². The second-order valence-corrected chi connectivity index (χ2v) is 11.3. The predicted octanol–water partition coefficient (Wildman–Crippen LogP) is 3.59. The molecule has 2 saturated heterocycles. The van der Waals surface area contributed by atoms with E-state index in [1.807, 2.05) is 61.6 Å². The van der Waals surface area contributed by atoms with E-state index in [1.54, 1.807) is 41.0 Å². The summed E-state index contributed by atoms with van der Waals surface area (Å²) in [5.74, 6) is -2.72. The van der Waals surface area contributed by atoms with E-state index in [0.29, 0.717) is 23.7 Å². The number of ether oxygens (including phenoxy) is 1. The summed E-state index contributed by atoms with van der Waals surface area (Å²) in [6.07, 6.45) is 7.94. The number of fused-ring (bicyclic) bond motifs is 2. The molecule has 8 nitrogen and oxygen atoms in total. The average molecular weight is 562 g/mol. The maximum atomic E-state index is 14.4. The number of hydrogen-bond acceptors (Lipinski definition) is 5. The van der Waals surface area contributed by atoms with Crippen molar-refractivity contribution < 1.29 is 24.2 Å². The number of likely N-dealkylation sites (tertiary alicyclic amines) is 1. The largest absolute Gasteiger partial charge is 0.394 e. The standard InChI is InChI=1S/C31H32ClN3O5/c1-3-30-15-7-17-33(22-9-5-4-6-10-22)27(37)24(30)25-28(38)35(20(2)19-36)26-29(39)34(18-8-16-31(25,26)40-30)23-13-11-21(32)12-14-23/h4-16,20,24-26,36H,3,17-19H2,1-2H3/t20-,24-,25+,26?,30+,31+/m1/s1. The molecule has 4 heterocycles. The van der Waals surface area contributed by atoms with Crippen LogP contribution in [-0.2, 0) is 19.1 Å². The van der Waals surface area contributed by atoms with Crippen LogP contribution in [0.2, 0.25) is 5.02 Å². The normalized spacial score (nSPS) is 32.0. The number of para-hydroxylation sites is 1. The molecule has 1 spiro atoms. The lowest BCUT2D eigenvalue weighted by Gasteiger charge is -2.40. The second-order valence-electron chi connectivity index (χ2n) is 10.9. The molecular weight excluding hydrogens is 530 g/mol. The van der Waals surface area contributed by atoms with Crippen molar-refractivity contribution in [3.63, 3.8) is 0 Å². The molecule has 208 valence electrons. The number of nitrogens with zero attached hydrogens (tertiary/aromatic N) is 3. The Hall–Kier alpha value is -3.46. The number of amides is 3. The summed E-state index contributed by atoms with van der Waals surface area (Å²) >= 11 is 6.11. The molecule has 4 aliphatic heterocycles. The highest BCUT2D eigenvalue weighted by atomic mass is 35.5. The lowest BCUT2D eigenvalue weighted by Crippen LogP contribution is -2.58. The van der Waals surface area contributed by atoms with Gasteiger partial charge in [0.05, 0.1) is 30.1 Å². The Bertz CT molecular complexity index is 1400. The molecule has 2 fully saturated rings. The van der Waals surface area contributed by atoms with Gasteiger partial charge in [0.2, 0.25) is 11.8 Å². The Morgan fingerprint density at radius 2 is 1.52 bits per heavy atom. The van der Waals surface area contributed by atoms with Gasteiger partial charge >= 0.3 is 0 Å². The summed E-state index contributed by atoms with van der Waals surface area (Å²) in [5.41, 5.74) is -1.10. The topological polar surface area (TPSA) is 90.4 Å². The molecule has 0 aromatic heterocycles. The van der Waals surface area contributed by atoms with Gasteiger partial charge < -0.3 is 24.5 Å². The van der Waals surface area contributed by atoms with Gasteiger partial charge in [-0.1, -0.05) is 61.0 Å². The Balaban J connectivity index is 1.51. The molecule has 0 saturated carbocycles. The SMILES string of the molecule is CC[C@]12C=CCN(c3ccccc3)C(=O)[C@H]1[C@H]1C(=O)N([C@H](C)CO)C3C(=O)N(c4ccc(Cl)cc4)CC=C[C@@]31O2. The smallest absolute Gasteiger partial charge is 0.253 e. The molecule has 40 heavy (non-hydrogen) atoms. The van der Waals surface area contributed by atoms with Gasteiger partial charge in [-0.15, -0.1) is 0 Å². The van der Waals surface area contributed by atoms with Crippen molar-refractivity contribution in [1.82, 2.24) is 4.90 Å². The first-order valence-electron chi connectivity index (χ1n) is 13.7. The van der Waals surface area contributed by atoms with Crippen molar-refractivity contribution >= 4 is 40.7 Å². The van der Waals surface area contributed by atoms with Crippen LogP contribution >= 0.6 is 11.6 Å². The summed E-state index contributed by atoms with van der Waals surface area (Å²) in [6, 6.07) is 14.6. The van der Waals surface area contributed by atoms with Crippen LogP contribution in [0.5, 0.6) is 0 Å². The first-order valence-corrected chi connectivity index (χ1v) is 14.1. The van der Waals surface area contributed by atoms with Crippen molar-refractivity contribution in [1.29, 1.82) is 0 Å². The summed E-state index contributed by atoms with van der Waals surface area (Å²) in [7, 11) is 0. The molecule has 0 bridgehead atoms. The highest BCUT2D eigenvalue weighted by Crippen LogP contribution is 2.59. The number of rotatable bonds is 5. The van der Waals surface area contributed by atoms with Crippen molar-refractivity contribution in [2.24, 2.45) is 11.8 Å². The third-order valence-electron chi connectivity index (χ3n) is 8.82. The van der Waals surface area contributed by atoms with Crippen LogP contribution in [0.3, 0.4) is 0 Å². The van der Waals surface area contributed by atoms with Gasteiger partial charge in [0.25, 0.3) is 5.91 Å². The molecule has 1 unspecified atom stereocenters. The number of aliphatic hydroxyl groups excluding tert-OH is 1. The van der Waals surface area contributed by atoms with Crippen molar-refractivity contribution in [2.75, 3.05) is 29.5 Å². The van der Waals surface area contributed by atoms with Crippen LogP contribution in [0.4, 0.5) is 11.4 Å². The molecule has 4 aliphatic rings. The maximum Gasteiger partial charge on any atom is 0.253 e. The fourth-order valence-electron chi connectivity index (χ4n) is 6.95. The van der Waals surface area contributed by atoms with Crippen LogP contribution in [0, 0.1) is 11.8 Å². The zero-order chi connectivity index (χ0) is 28.2. The number of hydrogen-bond donors (Lipinski definition) is 1. The van der Waals surface area contributed by atoms with Gasteiger partial charge in [0.15, 0.2) is 0 Å². The molecular formula is C31H32ClN3O5. The van der Waals surface area contributed by atoms with E-state index in [2.05, 4.69) is 0 Å². The minimum absolute atomic E-state index is 0.217. The molecule has 1 N–H and O–H groups in total. The molecule has 9 heteroatoms. The van der Waals surface area contributed by atoms with E-state index in [9.17, 15) is 19.5 Å². The van der Waals surface area contributed by atoms with Crippen LogP contribution in [0.25, 0.3) is 0 Å². The third kappa shape index (κ3) is 3.77. The highest BCUT2D eigenvalue weighted by molar-refractivity contribution is 6.30. The van der Waals surface area contributed by atoms with E-state index in [4.69, 9.17) is 16.3 Å². The van der Waals surface area contributed by atoms with E-state index in [-0.39, 0.29) is 30.9 Å². The van der Waals surface area contributed by atoms with E-state index in [1.165, 1.54) is 4.90 Å². The zero-order valence-corrected chi connectivity index (χ0v) is 23.2. The fourth-order valence-corrected chi connectivity index (χ4v) is 7.08. The maximum absolute atomic E-state index is 14.4. The van der Waals surface area contributed by atoms with Crippen LogP contribution in [0.15, 0.2) is 78.9 Å². The Kier molecular flexibility index (Phi) is 6.60. The lowest BCUT2D eigenvalue weighted by atomic mass is 9.73. The number of carbonyl (C=O) groups is 3. The second kappa shape index (κ2) is 9.87. The minimum Gasteiger partial charge on any atom is -0.394 e. The molecule has 3 amide bonds. The molecule has 0 aliphatic carbocycles. The van der Waals surface area contributed by atoms with Crippen molar-refractivity contribution in [2.45, 2.75) is 43.6 Å². The summed E-state index contributed by atoms with van der Waals surface area (Å²) in [5, 5.41) is 10.7. The number of benzene rings is 2. The van der Waals surface area contributed by atoms with Gasteiger partial charge in [0, 0.05) is 29.5 Å². The zero-order valence-electron chi connectivity index (χ0n) is 22.4. The third-order valence-corrected chi connectivity index (χ3v) is 9.07. The molecule has 0 radical (unpaired) electrons. The minimum atomic E-state index is -1.39. The summed E-state index contributed by atoms with van der Waals surface area (Å²) in [6.45, 7) is 3.91. The molecule has 6 atom stereocenters. The first kappa shape index (κ1) is 26.7. The Morgan fingerprint density at radius 3 is 2.17 bits per heavy atom. The van der Waals surface area contributed by atoms with E-state index < -0.39 is 35.1 Å². The predicted molar refractivity (Wildman–Crippen MR) is 152 cm³/mol. The number of carbonyl (C=O) groups excluding carboxylic acids is 3. The van der Waals surface area contributed by atoms with Gasteiger partial charge in [-0.05, 0) is 49.7 Å². The van der Waals surface area contributed by atoms with Gasteiger partial charge in [-0.2, -0.15) is 0 Å². The quantitative estimate of drug-likeness (QED) is 0.564. The highest BCUT2D eigenvalue weighted by Gasteiger charge is 2.75. The van der Waals surface area contributed by atoms with Gasteiger partial charge in [-0.25, -0.2) is 0 Å². The molecule has 2 aromatic rings. The molecule has 6 rings (SSSR count). The monoisotopic (exact) mass is 561 g/mol. The van der Waals surface area contributed by atoms with Crippen LogP contribution in [-0.4, -0.2) is 70.7 Å². The summed E-state index contributed by atoms with van der Waals surface area (Å²) < 4.78 is 6.97. The average Bonchev–Trinajstić information content (AvgIpc) is 3.27. The summed E-state index contributed by atoms with van der Waals surface area (Å²) in [4.78, 5) is 48.0. The number of anilines is 2. The van der Waals surface area contributed by atoms with E-state index in [0.717, 1.165) is 5.69 Å². The van der Waals surface area contributed by atoms with Crippen LogP contribution < -0.4 is 9.80 Å².